The largest absolute Gasteiger partial charge is 0.497 e. The molecule has 1 unspecified atom stereocenters. The Morgan fingerprint density at radius 1 is 1.24 bits per heavy atom. The quantitative estimate of drug-likeness (QED) is 0.897. The number of urea groups is 1. The van der Waals surface area contributed by atoms with E-state index in [1.54, 1.807) is 43.5 Å². The third-order valence-electron chi connectivity index (χ3n) is 3.91. The Balaban J connectivity index is 1.60. The Hall–Kier alpha value is -3.09. The molecule has 3 rings (SSSR count). The number of carbonyl (C=O) groups excluding carboxylic acids is 2. The van der Waals surface area contributed by atoms with Crippen molar-refractivity contribution in [1.82, 2.24) is 5.32 Å². The first-order valence-corrected chi connectivity index (χ1v) is 7.82. The first-order valence-electron chi connectivity index (χ1n) is 7.82. The highest BCUT2D eigenvalue weighted by Crippen LogP contribution is 2.22. The minimum atomic E-state index is -0.410. The van der Waals surface area contributed by atoms with Crippen molar-refractivity contribution in [3.05, 3.63) is 54.3 Å². The SMILES string of the molecule is COc1cccc(NC(=O)NC2CC(=O)N(c3cccc(F)c3)C2)c1. The molecule has 0 saturated carbocycles. The standard InChI is InChI=1S/C18H18FN3O3/c1-25-16-7-3-5-13(9-16)20-18(24)21-14-10-17(23)22(11-14)15-6-2-4-12(19)8-15/h2-9,14H,10-11H2,1H3,(H2,20,21,24). The molecule has 1 saturated heterocycles. The van der Waals surface area contributed by atoms with Gasteiger partial charge in [0.2, 0.25) is 5.91 Å². The average molecular weight is 343 g/mol. The van der Waals surface area contributed by atoms with Crippen LogP contribution in [0.1, 0.15) is 6.42 Å². The summed E-state index contributed by atoms with van der Waals surface area (Å²) in [7, 11) is 1.55. The Labute approximate surface area is 144 Å². The van der Waals surface area contributed by atoms with Crippen LogP contribution in [0.3, 0.4) is 0 Å². The first-order chi connectivity index (χ1) is 12.0. The number of hydrogen-bond acceptors (Lipinski definition) is 3. The van der Waals surface area contributed by atoms with Gasteiger partial charge in [0.25, 0.3) is 0 Å². The van der Waals surface area contributed by atoms with Gasteiger partial charge in [0.15, 0.2) is 0 Å². The summed E-state index contributed by atoms with van der Waals surface area (Å²) in [4.78, 5) is 25.7. The Morgan fingerprint density at radius 3 is 2.80 bits per heavy atom. The van der Waals surface area contributed by atoms with E-state index in [0.29, 0.717) is 23.7 Å². The number of amides is 3. The van der Waals surface area contributed by atoms with E-state index in [0.717, 1.165) is 0 Å². The molecule has 1 heterocycles. The van der Waals surface area contributed by atoms with Gasteiger partial charge in [0, 0.05) is 30.4 Å². The third kappa shape index (κ3) is 4.06. The maximum atomic E-state index is 13.3. The summed E-state index contributed by atoms with van der Waals surface area (Å²) < 4.78 is 18.4. The van der Waals surface area contributed by atoms with E-state index in [1.807, 2.05) is 0 Å². The minimum absolute atomic E-state index is 0.155. The molecule has 0 aliphatic carbocycles. The van der Waals surface area contributed by atoms with Crippen molar-refractivity contribution in [2.45, 2.75) is 12.5 Å². The van der Waals surface area contributed by atoms with Crippen LogP contribution in [-0.2, 0) is 4.79 Å². The molecule has 7 heteroatoms. The number of methoxy groups -OCH3 is 1. The van der Waals surface area contributed by atoms with E-state index < -0.39 is 11.8 Å². The molecule has 3 amide bonds. The second-order valence-electron chi connectivity index (χ2n) is 5.72. The zero-order valence-corrected chi connectivity index (χ0v) is 13.7. The topological polar surface area (TPSA) is 70.7 Å². The van der Waals surface area contributed by atoms with Gasteiger partial charge in [-0.2, -0.15) is 0 Å². The van der Waals surface area contributed by atoms with Gasteiger partial charge in [-0.1, -0.05) is 12.1 Å². The van der Waals surface area contributed by atoms with E-state index in [2.05, 4.69) is 10.6 Å². The van der Waals surface area contributed by atoms with Crippen molar-refractivity contribution in [2.24, 2.45) is 0 Å². The van der Waals surface area contributed by atoms with Gasteiger partial charge in [0.05, 0.1) is 13.2 Å². The van der Waals surface area contributed by atoms with E-state index in [4.69, 9.17) is 4.74 Å². The van der Waals surface area contributed by atoms with Crippen LogP contribution in [0.2, 0.25) is 0 Å². The van der Waals surface area contributed by atoms with Gasteiger partial charge in [-0.3, -0.25) is 4.79 Å². The van der Waals surface area contributed by atoms with Crippen LogP contribution < -0.4 is 20.3 Å². The normalized spacial score (nSPS) is 16.6. The number of nitrogens with one attached hydrogen (secondary N) is 2. The predicted octanol–water partition coefficient (Wildman–Crippen LogP) is 2.76. The van der Waals surface area contributed by atoms with E-state index in [1.165, 1.54) is 17.0 Å². The lowest BCUT2D eigenvalue weighted by Crippen LogP contribution is -2.39. The number of rotatable bonds is 4. The van der Waals surface area contributed by atoms with E-state index in [9.17, 15) is 14.0 Å². The zero-order valence-electron chi connectivity index (χ0n) is 13.7. The first kappa shape index (κ1) is 16.8. The third-order valence-corrected chi connectivity index (χ3v) is 3.91. The lowest BCUT2D eigenvalue weighted by atomic mass is 10.2. The van der Waals surface area contributed by atoms with Crippen LogP contribution in [0.15, 0.2) is 48.5 Å². The molecule has 0 bridgehead atoms. The number of carbonyl (C=O) groups is 2. The second-order valence-corrected chi connectivity index (χ2v) is 5.72. The number of ether oxygens (including phenoxy) is 1. The van der Waals surface area contributed by atoms with Crippen molar-refractivity contribution in [3.63, 3.8) is 0 Å². The molecular formula is C18H18FN3O3. The van der Waals surface area contributed by atoms with Crippen molar-refractivity contribution < 1.29 is 18.7 Å². The number of halogens is 1. The lowest BCUT2D eigenvalue weighted by Gasteiger charge is -2.17. The summed E-state index contributed by atoms with van der Waals surface area (Å²) in [6.45, 7) is 0.299. The molecule has 25 heavy (non-hydrogen) atoms. The van der Waals surface area contributed by atoms with E-state index >= 15 is 0 Å². The molecule has 2 N–H and O–H groups in total. The van der Waals surface area contributed by atoms with Crippen molar-refractivity contribution in [3.8, 4) is 5.75 Å². The van der Waals surface area contributed by atoms with Crippen LogP contribution in [0.4, 0.5) is 20.6 Å². The van der Waals surface area contributed by atoms with Gasteiger partial charge in [0.1, 0.15) is 11.6 Å². The molecule has 0 spiro atoms. The van der Waals surface area contributed by atoms with Crippen molar-refractivity contribution in [2.75, 3.05) is 23.9 Å². The van der Waals surface area contributed by atoms with Gasteiger partial charge in [-0.15, -0.1) is 0 Å². The number of hydrogen-bond donors (Lipinski definition) is 2. The average Bonchev–Trinajstić information content (AvgIpc) is 2.95. The summed E-state index contributed by atoms with van der Waals surface area (Å²) >= 11 is 0. The summed E-state index contributed by atoms with van der Waals surface area (Å²) in [6.07, 6.45) is 0.169. The smallest absolute Gasteiger partial charge is 0.319 e. The van der Waals surface area contributed by atoms with Crippen LogP contribution in [-0.4, -0.2) is 31.6 Å². The molecule has 1 aliphatic heterocycles. The van der Waals surface area contributed by atoms with Crippen molar-refractivity contribution >= 4 is 23.3 Å². The van der Waals surface area contributed by atoms with Crippen LogP contribution in [0.5, 0.6) is 5.75 Å². The highest BCUT2D eigenvalue weighted by molar-refractivity contribution is 5.97. The molecule has 0 aromatic heterocycles. The van der Waals surface area contributed by atoms with Gasteiger partial charge >= 0.3 is 6.03 Å². The highest BCUT2D eigenvalue weighted by Gasteiger charge is 2.31. The Bertz CT molecular complexity index is 797. The number of anilines is 2. The molecule has 1 aliphatic rings. The molecule has 2 aromatic carbocycles. The molecule has 1 atom stereocenters. The lowest BCUT2D eigenvalue weighted by molar-refractivity contribution is -0.117. The van der Waals surface area contributed by atoms with Crippen LogP contribution in [0.25, 0.3) is 0 Å². The zero-order chi connectivity index (χ0) is 17.8. The van der Waals surface area contributed by atoms with Crippen LogP contribution in [0, 0.1) is 5.82 Å². The van der Waals surface area contributed by atoms with Gasteiger partial charge in [-0.25, -0.2) is 9.18 Å². The monoisotopic (exact) mass is 343 g/mol. The molecular weight excluding hydrogens is 325 g/mol. The number of benzene rings is 2. The maximum Gasteiger partial charge on any atom is 0.319 e. The predicted molar refractivity (Wildman–Crippen MR) is 92.3 cm³/mol. The van der Waals surface area contributed by atoms with Gasteiger partial charge in [-0.05, 0) is 30.3 Å². The summed E-state index contributed by atoms with van der Waals surface area (Å²) in [5.74, 6) is 0.0703. The fourth-order valence-electron chi connectivity index (χ4n) is 2.75. The fourth-order valence-corrected chi connectivity index (χ4v) is 2.75. The summed E-state index contributed by atoms with van der Waals surface area (Å²) in [5.41, 5.74) is 1.07. The molecule has 0 radical (unpaired) electrons. The Morgan fingerprint density at radius 2 is 2.04 bits per heavy atom. The minimum Gasteiger partial charge on any atom is -0.497 e. The molecule has 1 fully saturated rings. The van der Waals surface area contributed by atoms with E-state index in [-0.39, 0.29) is 18.4 Å². The fraction of sp³-hybridized carbons (Fsp3) is 0.222. The maximum absolute atomic E-state index is 13.3. The molecule has 130 valence electrons. The highest BCUT2D eigenvalue weighted by atomic mass is 19.1. The van der Waals surface area contributed by atoms with Crippen molar-refractivity contribution in [1.29, 1.82) is 0 Å². The molecule has 2 aromatic rings. The van der Waals surface area contributed by atoms with Crippen LogP contribution >= 0.6 is 0 Å². The number of nitrogens with zero attached hydrogens (tertiary/aromatic N) is 1. The summed E-state index contributed by atoms with van der Waals surface area (Å²) in [5, 5.41) is 5.46. The Kier molecular flexibility index (Phi) is 4.83. The van der Waals surface area contributed by atoms with Gasteiger partial charge < -0.3 is 20.3 Å². The summed E-state index contributed by atoms with van der Waals surface area (Å²) in [6, 6.07) is 12.0. The molecule has 6 nitrogen and oxygen atoms in total. The second kappa shape index (κ2) is 7.21.